The average molecular weight is 189 g/mol. The van der Waals surface area contributed by atoms with Crippen LogP contribution >= 0.6 is 0 Å². The third kappa shape index (κ3) is 3.73. The van der Waals surface area contributed by atoms with Gasteiger partial charge in [-0.3, -0.25) is 4.99 Å². The van der Waals surface area contributed by atoms with Crippen LogP contribution in [0.2, 0.25) is 0 Å². The molecule has 1 heteroatoms. The minimum atomic E-state index is 0.968. The summed E-state index contributed by atoms with van der Waals surface area (Å²) in [5, 5.41) is 0. The molecule has 0 fully saturated rings. The fraction of sp³-hybridized carbons (Fsp3) is 0.462. The fourth-order valence-corrected chi connectivity index (χ4v) is 1.39. The first-order valence-corrected chi connectivity index (χ1v) is 5.43. The van der Waals surface area contributed by atoms with Crippen molar-refractivity contribution in [3.05, 3.63) is 35.9 Å². The lowest BCUT2D eigenvalue weighted by Gasteiger charge is -2.03. The SMILES string of the molecule is CCCN=C(CC)Cc1ccccc1. The van der Waals surface area contributed by atoms with E-state index in [0.29, 0.717) is 0 Å². The van der Waals surface area contributed by atoms with Gasteiger partial charge in [0.25, 0.3) is 0 Å². The number of nitrogens with zero attached hydrogens (tertiary/aromatic N) is 1. The number of hydrogen-bond acceptors (Lipinski definition) is 1. The second kappa shape index (κ2) is 6.36. The summed E-state index contributed by atoms with van der Waals surface area (Å²) in [6.07, 6.45) is 3.21. The second-order valence-electron chi connectivity index (χ2n) is 3.46. The van der Waals surface area contributed by atoms with Crippen LogP contribution in [0.4, 0.5) is 0 Å². The Morgan fingerprint density at radius 1 is 1.14 bits per heavy atom. The highest BCUT2D eigenvalue weighted by molar-refractivity contribution is 5.86. The lowest BCUT2D eigenvalue weighted by molar-refractivity contribution is 0.919. The minimum Gasteiger partial charge on any atom is -0.294 e. The van der Waals surface area contributed by atoms with E-state index in [1.54, 1.807) is 0 Å². The Balaban J connectivity index is 2.57. The van der Waals surface area contributed by atoms with Gasteiger partial charge in [-0.25, -0.2) is 0 Å². The summed E-state index contributed by atoms with van der Waals surface area (Å²) in [5.41, 5.74) is 2.68. The van der Waals surface area contributed by atoms with Gasteiger partial charge in [-0.1, -0.05) is 44.2 Å². The normalized spacial score (nSPS) is 11.7. The van der Waals surface area contributed by atoms with Crippen molar-refractivity contribution >= 4 is 5.71 Å². The zero-order valence-electron chi connectivity index (χ0n) is 9.16. The van der Waals surface area contributed by atoms with Gasteiger partial charge in [0.15, 0.2) is 0 Å². The molecule has 0 unspecified atom stereocenters. The average Bonchev–Trinajstić information content (AvgIpc) is 2.25. The number of rotatable bonds is 5. The van der Waals surface area contributed by atoms with E-state index in [2.05, 4.69) is 49.2 Å². The van der Waals surface area contributed by atoms with Crippen LogP contribution < -0.4 is 0 Å². The fourth-order valence-electron chi connectivity index (χ4n) is 1.39. The maximum Gasteiger partial charge on any atom is 0.0386 e. The van der Waals surface area contributed by atoms with E-state index in [1.807, 2.05) is 0 Å². The van der Waals surface area contributed by atoms with E-state index in [9.17, 15) is 0 Å². The molecule has 0 saturated heterocycles. The molecule has 0 N–H and O–H groups in total. The molecule has 1 rings (SSSR count). The molecule has 0 aliphatic carbocycles. The minimum absolute atomic E-state index is 0.968. The Morgan fingerprint density at radius 2 is 1.86 bits per heavy atom. The molecule has 0 aromatic heterocycles. The Morgan fingerprint density at radius 3 is 2.43 bits per heavy atom. The molecule has 0 atom stereocenters. The van der Waals surface area contributed by atoms with Gasteiger partial charge in [0.2, 0.25) is 0 Å². The first-order chi connectivity index (χ1) is 6.86. The first kappa shape index (κ1) is 11.0. The van der Waals surface area contributed by atoms with Crippen LogP contribution in [-0.4, -0.2) is 12.3 Å². The Labute approximate surface area is 86.9 Å². The first-order valence-electron chi connectivity index (χ1n) is 5.43. The van der Waals surface area contributed by atoms with Crippen LogP contribution in [0.15, 0.2) is 35.3 Å². The topological polar surface area (TPSA) is 12.4 Å². The lowest BCUT2D eigenvalue weighted by Crippen LogP contribution is -2.02. The summed E-state index contributed by atoms with van der Waals surface area (Å²) < 4.78 is 0. The quantitative estimate of drug-likeness (QED) is 0.629. The smallest absolute Gasteiger partial charge is 0.0386 e. The third-order valence-corrected chi connectivity index (χ3v) is 2.22. The molecule has 0 heterocycles. The zero-order chi connectivity index (χ0) is 10.2. The molecule has 1 aromatic carbocycles. The maximum absolute atomic E-state index is 4.57. The molecule has 0 bridgehead atoms. The lowest BCUT2D eigenvalue weighted by atomic mass is 10.1. The summed E-state index contributed by atoms with van der Waals surface area (Å²) in [6.45, 7) is 5.31. The van der Waals surface area contributed by atoms with E-state index < -0.39 is 0 Å². The predicted octanol–water partition coefficient (Wildman–Crippen LogP) is 3.49. The zero-order valence-corrected chi connectivity index (χ0v) is 9.16. The Bertz CT molecular complexity index is 275. The number of aliphatic imine (C=N–C) groups is 1. The van der Waals surface area contributed by atoms with E-state index in [-0.39, 0.29) is 0 Å². The molecule has 0 aliphatic heterocycles. The van der Waals surface area contributed by atoms with Crippen molar-refractivity contribution in [3.63, 3.8) is 0 Å². The molecule has 0 amide bonds. The van der Waals surface area contributed by atoms with E-state index in [4.69, 9.17) is 0 Å². The van der Waals surface area contributed by atoms with Crippen molar-refractivity contribution in [2.45, 2.75) is 33.1 Å². The molecule has 14 heavy (non-hydrogen) atoms. The summed E-state index contributed by atoms with van der Waals surface area (Å²) in [7, 11) is 0. The molecular weight excluding hydrogens is 170 g/mol. The number of hydrogen-bond donors (Lipinski definition) is 0. The van der Waals surface area contributed by atoms with Gasteiger partial charge in [0.05, 0.1) is 0 Å². The van der Waals surface area contributed by atoms with Gasteiger partial charge in [-0.05, 0) is 18.4 Å². The Kier molecular flexibility index (Phi) is 4.98. The molecule has 1 aromatic rings. The van der Waals surface area contributed by atoms with Crippen molar-refractivity contribution in [2.24, 2.45) is 4.99 Å². The monoisotopic (exact) mass is 189 g/mol. The van der Waals surface area contributed by atoms with Crippen LogP contribution in [-0.2, 0) is 6.42 Å². The highest BCUT2D eigenvalue weighted by Gasteiger charge is 1.97. The van der Waals surface area contributed by atoms with E-state index in [0.717, 1.165) is 25.8 Å². The molecule has 0 spiro atoms. The van der Waals surface area contributed by atoms with Crippen molar-refractivity contribution in [1.82, 2.24) is 0 Å². The highest BCUT2D eigenvalue weighted by Crippen LogP contribution is 2.03. The molecule has 1 nitrogen and oxygen atoms in total. The van der Waals surface area contributed by atoms with Crippen LogP contribution in [0.3, 0.4) is 0 Å². The standard InChI is InChI=1S/C13H19N/c1-3-10-14-13(4-2)11-12-8-6-5-7-9-12/h5-9H,3-4,10-11H2,1-2H3. The van der Waals surface area contributed by atoms with Crippen LogP contribution in [0.1, 0.15) is 32.3 Å². The summed E-state index contributed by atoms with van der Waals surface area (Å²) >= 11 is 0. The second-order valence-corrected chi connectivity index (χ2v) is 3.46. The van der Waals surface area contributed by atoms with Crippen molar-refractivity contribution in [3.8, 4) is 0 Å². The Hall–Kier alpha value is -1.11. The van der Waals surface area contributed by atoms with E-state index >= 15 is 0 Å². The summed E-state index contributed by atoms with van der Waals surface area (Å²) in [4.78, 5) is 4.57. The van der Waals surface area contributed by atoms with Crippen LogP contribution in [0.5, 0.6) is 0 Å². The van der Waals surface area contributed by atoms with Gasteiger partial charge in [0.1, 0.15) is 0 Å². The predicted molar refractivity (Wildman–Crippen MR) is 63.0 cm³/mol. The highest BCUT2D eigenvalue weighted by atomic mass is 14.7. The van der Waals surface area contributed by atoms with Gasteiger partial charge in [0, 0.05) is 18.7 Å². The van der Waals surface area contributed by atoms with Gasteiger partial charge >= 0.3 is 0 Å². The molecule has 76 valence electrons. The largest absolute Gasteiger partial charge is 0.294 e. The molecule has 0 aliphatic rings. The summed E-state index contributed by atoms with van der Waals surface area (Å²) in [5.74, 6) is 0. The van der Waals surface area contributed by atoms with Crippen LogP contribution in [0.25, 0.3) is 0 Å². The van der Waals surface area contributed by atoms with Gasteiger partial charge in [-0.2, -0.15) is 0 Å². The van der Waals surface area contributed by atoms with Gasteiger partial charge in [-0.15, -0.1) is 0 Å². The number of benzene rings is 1. The van der Waals surface area contributed by atoms with Gasteiger partial charge < -0.3 is 0 Å². The molecule has 0 saturated carbocycles. The van der Waals surface area contributed by atoms with Crippen molar-refractivity contribution in [2.75, 3.05) is 6.54 Å². The van der Waals surface area contributed by atoms with Crippen molar-refractivity contribution < 1.29 is 0 Å². The van der Waals surface area contributed by atoms with Crippen molar-refractivity contribution in [1.29, 1.82) is 0 Å². The summed E-state index contributed by atoms with van der Waals surface area (Å²) in [6, 6.07) is 10.6. The van der Waals surface area contributed by atoms with Crippen LogP contribution in [0, 0.1) is 0 Å². The van der Waals surface area contributed by atoms with E-state index in [1.165, 1.54) is 11.3 Å². The molecular formula is C13H19N. The molecule has 0 radical (unpaired) electrons. The maximum atomic E-state index is 4.57. The third-order valence-electron chi connectivity index (χ3n) is 2.22.